The van der Waals surface area contributed by atoms with Crippen molar-refractivity contribution in [2.75, 3.05) is 29.9 Å². The van der Waals surface area contributed by atoms with Crippen molar-refractivity contribution in [2.24, 2.45) is 0 Å². The highest BCUT2D eigenvalue weighted by atomic mass is 16.3. The van der Waals surface area contributed by atoms with Gasteiger partial charge in [0.25, 0.3) is 5.91 Å². The van der Waals surface area contributed by atoms with Gasteiger partial charge in [0.1, 0.15) is 23.1 Å². The van der Waals surface area contributed by atoms with Crippen LogP contribution in [0.1, 0.15) is 28.3 Å². The summed E-state index contributed by atoms with van der Waals surface area (Å²) < 4.78 is 0. The van der Waals surface area contributed by atoms with E-state index in [4.69, 9.17) is 4.98 Å². The number of nitriles is 1. The summed E-state index contributed by atoms with van der Waals surface area (Å²) >= 11 is 0. The highest BCUT2D eigenvalue weighted by Gasteiger charge is 2.30. The first kappa shape index (κ1) is 26.4. The van der Waals surface area contributed by atoms with E-state index in [-0.39, 0.29) is 29.8 Å². The van der Waals surface area contributed by atoms with Gasteiger partial charge in [-0.15, -0.1) is 0 Å². The molecule has 2 amide bonds. The first-order chi connectivity index (χ1) is 19.4. The lowest BCUT2D eigenvalue weighted by atomic mass is 10.1. The molecule has 1 aromatic heterocycles. The van der Waals surface area contributed by atoms with Crippen molar-refractivity contribution in [1.29, 1.82) is 5.26 Å². The van der Waals surface area contributed by atoms with E-state index in [1.54, 1.807) is 17.0 Å². The van der Waals surface area contributed by atoms with Crippen LogP contribution in [0.2, 0.25) is 0 Å². The topological polar surface area (TPSA) is 122 Å². The Bertz CT molecular complexity index is 1610. The van der Waals surface area contributed by atoms with Gasteiger partial charge in [0.15, 0.2) is 0 Å². The number of nitrogens with zero attached hydrogens (tertiary/aromatic N) is 5. The van der Waals surface area contributed by atoms with Crippen molar-refractivity contribution in [3.8, 4) is 11.8 Å². The number of nitrogens with one attached hydrogen (secondary N) is 1. The van der Waals surface area contributed by atoms with Crippen LogP contribution in [-0.4, -0.2) is 57.5 Å². The molecule has 200 valence electrons. The highest BCUT2D eigenvalue weighted by molar-refractivity contribution is 6.09. The summed E-state index contributed by atoms with van der Waals surface area (Å²) in [7, 11) is 0. The number of carbonyl (C=O) groups excluding carboxylic acids is 2. The van der Waals surface area contributed by atoms with Crippen LogP contribution in [-0.2, 0) is 11.2 Å². The summed E-state index contributed by atoms with van der Waals surface area (Å²) in [5, 5.41) is 24.1. The van der Waals surface area contributed by atoms with E-state index in [1.807, 2.05) is 59.5 Å². The van der Waals surface area contributed by atoms with E-state index in [9.17, 15) is 20.0 Å². The number of hydrogen-bond donors (Lipinski definition) is 2. The molecule has 1 atom stereocenters. The van der Waals surface area contributed by atoms with Crippen LogP contribution in [0.5, 0.6) is 5.75 Å². The second kappa shape index (κ2) is 11.7. The number of piperazine rings is 1. The van der Waals surface area contributed by atoms with Crippen LogP contribution in [0.15, 0.2) is 85.5 Å². The van der Waals surface area contributed by atoms with E-state index in [2.05, 4.69) is 22.9 Å². The minimum absolute atomic E-state index is 0.0395. The van der Waals surface area contributed by atoms with Crippen molar-refractivity contribution in [2.45, 2.75) is 18.9 Å². The average Bonchev–Trinajstić information content (AvgIpc) is 2.97. The van der Waals surface area contributed by atoms with Crippen LogP contribution in [0.4, 0.5) is 11.5 Å². The Balaban J connectivity index is 1.49. The molecule has 40 heavy (non-hydrogen) atoms. The third-order valence-corrected chi connectivity index (χ3v) is 6.88. The lowest BCUT2D eigenvalue weighted by Crippen LogP contribution is -2.55. The molecule has 9 heteroatoms. The molecule has 0 spiro atoms. The fourth-order valence-electron chi connectivity index (χ4n) is 4.95. The van der Waals surface area contributed by atoms with E-state index in [1.165, 1.54) is 12.1 Å². The zero-order valence-corrected chi connectivity index (χ0v) is 21.8. The van der Waals surface area contributed by atoms with Crippen LogP contribution in [0, 0.1) is 11.3 Å². The van der Waals surface area contributed by atoms with Gasteiger partial charge in [0, 0.05) is 43.6 Å². The van der Waals surface area contributed by atoms with Gasteiger partial charge in [-0.25, -0.2) is 9.97 Å². The molecule has 0 radical (unpaired) electrons. The molecule has 1 fully saturated rings. The molecule has 3 aromatic carbocycles. The van der Waals surface area contributed by atoms with E-state index < -0.39 is 5.91 Å². The number of phenolic OH excluding ortho intramolecular Hbond substituents is 1. The molecule has 9 nitrogen and oxygen atoms in total. The van der Waals surface area contributed by atoms with Crippen molar-refractivity contribution in [1.82, 2.24) is 14.9 Å². The highest BCUT2D eigenvalue weighted by Crippen LogP contribution is 2.29. The smallest absolute Gasteiger partial charge is 0.274 e. The van der Waals surface area contributed by atoms with E-state index in [0.717, 1.165) is 16.3 Å². The number of anilines is 2. The van der Waals surface area contributed by atoms with Crippen LogP contribution in [0.25, 0.3) is 10.8 Å². The number of hydrogen-bond acceptors (Lipinski definition) is 7. The molecule has 5 rings (SSSR count). The number of aromatic hydroxyl groups is 1. The summed E-state index contributed by atoms with van der Waals surface area (Å²) in [4.78, 5) is 38.9. The Morgan fingerprint density at radius 2 is 1.85 bits per heavy atom. The largest absolute Gasteiger partial charge is 0.508 e. The molecule has 0 unspecified atom stereocenters. The number of aromatic nitrogens is 2. The average molecular weight is 533 g/mol. The van der Waals surface area contributed by atoms with E-state index >= 15 is 0 Å². The maximum atomic E-state index is 13.5. The Hall–Kier alpha value is -5.23. The summed E-state index contributed by atoms with van der Waals surface area (Å²) in [5.74, 6) is 0.391. The monoisotopic (exact) mass is 532 g/mol. The number of carbonyl (C=O) groups is 2. The summed E-state index contributed by atoms with van der Waals surface area (Å²) in [6.45, 7) is 4.83. The summed E-state index contributed by atoms with van der Waals surface area (Å²) in [6, 6.07) is 23.8. The zero-order chi connectivity index (χ0) is 28.1. The number of rotatable bonds is 7. The van der Waals surface area contributed by atoms with Gasteiger partial charge in [0.05, 0.1) is 24.2 Å². The lowest BCUT2D eigenvalue weighted by Gasteiger charge is -2.40. The summed E-state index contributed by atoms with van der Waals surface area (Å²) in [5.41, 5.74) is 1.63. The fraction of sp³-hybridized carbons (Fsp3) is 0.194. The van der Waals surface area contributed by atoms with Gasteiger partial charge in [-0.05, 0) is 23.1 Å². The Labute approximate surface area is 232 Å². The molecule has 1 aliphatic heterocycles. The zero-order valence-electron chi connectivity index (χ0n) is 21.8. The molecule has 2 N–H and O–H groups in total. The minimum Gasteiger partial charge on any atom is -0.508 e. The predicted octanol–water partition coefficient (Wildman–Crippen LogP) is 4.30. The molecular formula is C31H28N6O3. The molecule has 1 saturated heterocycles. The van der Waals surface area contributed by atoms with Crippen LogP contribution < -0.4 is 10.2 Å². The van der Waals surface area contributed by atoms with Crippen molar-refractivity contribution in [3.05, 3.63) is 103 Å². The predicted molar refractivity (Wildman–Crippen MR) is 153 cm³/mol. The van der Waals surface area contributed by atoms with Crippen molar-refractivity contribution < 1.29 is 14.7 Å². The van der Waals surface area contributed by atoms with Gasteiger partial charge < -0.3 is 20.2 Å². The third kappa shape index (κ3) is 5.76. The van der Waals surface area contributed by atoms with Gasteiger partial charge in [-0.2, -0.15) is 5.26 Å². The Morgan fingerprint density at radius 3 is 2.62 bits per heavy atom. The molecule has 0 saturated carbocycles. The standard InChI is InChI=1S/C31H28N6O3/c1-2-30(39)37-15-14-36(20-23(37)12-13-32)29-19-27(33-28(35-29)16-21-8-4-3-5-9-21)31(40)34-26-18-24(38)17-22-10-6-7-11-25(22)26/h2-11,17-19,23,38H,1,12,14-16,20H2,(H,34,40)/t23-/m0/s1. The summed E-state index contributed by atoms with van der Waals surface area (Å²) in [6.07, 6.45) is 1.84. The SMILES string of the molecule is C=CC(=O)N1CCN(c2cc(C(=O)Nc3cc(O)cc4ccccc34)nc(Cc3ccccc3)n2)C[C@@H]1CC#N. The first-order valence-corrected chi connectivity index (χ1v) is 12.9. The maximum Gasteiger partial charge on any atom is 0.274 e. The number of phenols is 1. The third-order valence-electron chi connectivity index (χ3n) is 6.88. The molecule has 2 heterocycles. The van der Waals surface area contributed by atoms with Crippen LogP contribution >= 0.6 is 0 Å². The van der Waals surface area contributed by atoms with Gasteiger partial charge in [-0.3, -0.25) is 9.59 Å². The van der Waals surface area contributed by atoms with Gasteiger partial charge in [-0.1, -0.05) is 61.2 Å². The molecule has 1 aliphatic rings. The minimum atomic E-state index is -0.442. The lowest BCUT2D eigenvalue weighted by molar-refractivity contribution is -0.128. The molecule has 0 bridgehead atoms. The normalized spacial score (nSPS) is 14.9. The number of benzene rings is 3. The second-order valence-electron chi connectivity index (χ2n) is 9.56. The van der Waals surface area contributed by atoms with E-state index in [0.29, 0.717) is 43.4 Å². The number of fused-ring (bicyclic) bond motifs is 1. The maximum absolute atomic E-state index is 13.5. The Kier molecular flexibility index (Phi) is 7.69. The number of amides is 2. The fourth-order valence-corrected chi connectivity index (χ4v) is 4.95. The Morgan fingerprint density at radius 1 is 1.07 bits per heavy atom. The van der Waals surface area contributed by atoms with Crippen molar-refractivity contribution in [3.63, 3.8) is 0 Å². The van der Waals surface area contributed by atoms with Crippen molar-refractivity contribution >= 4 is 34.1 Å². The molecular weight excluding hydrogens is 504 g/mol. The van der Waals surface area contributed by atoms with Crippen LogP contribution in [0.3, 0.4) is 0 Å². The quantitative estimate of drug-likeness (QED) is 0.340. The van der Waals surface area contributed by atoms with Gasteiger partial charge >= 0.3 is 0 Å². The first-order valence-electron chi connectivity index (χ1n) is 12.9. The van der Waals surface area contributed by atoms with Gasteiger partial charge in [0.2, 0.25) is 5.91 Å². The molecule has 4 aromatic rings. The second-order valence-corrected chi connectivity index (χ2v) is 9.56. The molecule has 0 aliphatic carbocycles.